The molecule has 0 heterocycles. The van der Waals surface area contributed by atoms with E-state index in [0.717, 1.165) is 24.5 Å². The van der Waals surface area contributed by atoms with Crippen molar-refractivity contribution in [2.75, 3.05) is 32.2 Å². The highest BCUT2D eigenvalue weighted by molar-refractivity contribution is 7.98. The number of nitrogens with two attached hydrogens (primary N) is 1. The highest BCUT2D eigenvalue weighted by Crippen LogP contribution is 2.13. The Kier molecular flexibility index (Phi) is 9.70. The van der Waals surface area contributed by atoms with Crippen LogP contribution in [0.25, 0.3) is 0 Å². The topological polar surface area (TPSA) is 88.7 Å². The SMILES string of the molecule is CN=C(NCCCCSC)NCc1cccc(OCC(N)=O)c1. The molecule has 0 aliphatic carbocycles. The molecule has 0 atom stereocenters. The number of carbonyl (C=O) groups excluding carboxylic acids is 1. The maximum absolute atomic E-state index is 10.7. The molecule has 0 radical (unpaired) electrons. The van der Waals surface area contributed by atoms with E-state index in [-0.39, 0.29) is 6.61 Å². The molecule has 0 aliphatic heterocycles. The Balaban J connectivity index is 2.37. The number of ether oxygens (including phenoxy) is 1. The van der Waals surface area contributed by atoms with E-state index in [9.17, 15) is 4.79 Å². The minimum atomic E-state index is -0.486. The van der Waals surface area contributed by atoms with Gasteiger partial charge >= 0.3 is 0 Å². The number of guanidine groups is 1. The lowest BCUT2D eigenvalue weighted by molar-refractivity contribution is -0.119. The van der Waals surface area contributed by atoms with Crippen LogP contribution in [0.4, 0.5) is 0 Å². The minimum absolute atomic E-state index is 0.115. The van der Waals surface area contributed by atoms with Crippen molar-refractivity contribution in [3.63, 3.8) is 0 Å². The van der Waals surface area contributed by atoms with Gasteiger partial charge in [-0.3, -0.25) is 9.79 Å². The van der Waals surface area contributed by atoms with Gasteiger partial charge in [0.2, 0.25) is 0 Å². The molecule has 0 saturated heterocycles. The molecule has 4 N–H and O–H groups in total. The van der Waals surface area contributed by atoms with E-state index in [1.54, 1.807) is 13.1 Å². The fourth-order valence-electron chi connectivity index (χ4n) is 1.88. The smallest absolute Gasteiger partial charge is 0.255 e. The van der Waals surface area contributed by atoms with E-state index in [1.807, 2.05) is 30.0 Å². The highest BCUT2D eigenvalue weighted by Gasteiger charge is 2.01. The Morgan fingerprint density at radius 2 is 2.17 bits per heavy atom. The van der Waals surface area contributed by atoms with Crippen LogP contribution in [0.2, 0.25) is 0 Å². The molecular weight excluding hydrogens is 312 g/mol. The first-order valence-corrected chi connectivity index (χ1v) is 8.98. The van der Waals surface area contributed by atoms with Gasteiger partial charge in [0.1, 0.15) is 5.75 Å². The first-order valence-electron chi connectivity index (χ1n) is 7.59. The second-order valence-electron chi connectivity index (χ2n) is 4.95. The standard InChI is InChI=1S/C16H26N4O2S/c1-18-16(19-8-3-4-9-23-2)20-11-13-6-5-7-14(10-13)22-12-15(17)21/h5-7,10H,3-4,8-9,11-12H2,1-2H3,(H2,17,21)(H2,18,19,20). The molecule has 0 aromatic heterocycles. The lowest BCUT2D eigenvalue weighted by Crippen LogP contribution is -2.37. The number of aliphatic imine (C=N–C) groups is 1. The van der Waals surface area contributed by atoms with Gasteiger partial charge < -0.3 is 21.1 Å². The van der Waals surface area contributed by atoms with Gasteiger partial charge in [0, 0.05) is 20.1 Å². The third kappa shape index (κ3) is 8.97. The van der Waals surface area contributed by atoms with Crippen molar-refractivity contribution >= 4 is 23.6 Å². The summed E-state index contributed by atoms with van der Waals surface area (Å²) in [6.07, 6.45) is 4.44. The summed E-state index contributed by atoms with van der Waals surface area (Å²) in [4.78, 5) is 14.9. The first-order chi connectivity index (χ1) is 11.2. The molecule has 1 amide bonds. The highest BCUT2D eigenvalue weighted by atomic mass is 32.2. The summed E-state index contributed by atoms with van der Waals surface area (Å²) in [6.45, 7) is 1.41. The van der Waals surface area contributed by atoms with Gasteiger partial charge in [0.05, 0.1) is 0 Å². The Morgan fingerprint density at radius 1 is 1.35 bits per heavy atom. The maximum Gasteiger partial charge on any atom is 0.255 e. The van der Waals surface area contributed by atoms with Crippen LogP contribution in [0.5, 0.6) is 5.75 Å². The lowest BCUT2D eigenvalue weighted by Gasteiger charge is -2.12. The van der Waals surface area contributed by atoms with Crippen molar-refractivity contribution < 1.29 is 9.53 Å². The molecule has 0 fully saturated rings. The van der Waals surface area contributed by atoms with Crippen LogP contribution < -0.4 is 21.1 Å². The number of nitrogens with one attached hydrogen (secondary N) is 2. The van der Waals surface area contributed by atoms with Crippen molar-refractivity contribution in [1.82, 2.24) is 10.6 Å². The van der Waals surface area contributed by atoms with E-state index >= 15 is 0 Å². The molecule has 0 unspecified atom stereocenters. The fraction of sp³-hybridized carbons (Fsp3) is 0.500. The van der Waals surface area contributed by atoms with Crippen LogP contribution in [0.1, 0.15) is 18.4 Å². The van der Waals surface area contributed by atoms with E-state index in [0.29, 0.717) is 12.3 Å². The zero-order chi connectivity index (χ0) is 16.9. The van der Waals surface area contributed by atoms with Crippen LogP contribution in [-0.2, 0) is 11.3 Å². The van der Waals surface area contributed by atoms with Gasteiger partial charge in [-0.2, -0.15) is 11.8 Å². The number of rotatable bonds is 10. The molecule has 0 bridgehead atoms. The number of primary amides is 1. The zero-order valence-electron chi connectivity index (χ0n) is 13.8. The molecule has 6 nitrogen and oxygen atoms in total. The van der Waals surface area contributed by atoms with Gasteiger partial charge in [-0.15, -0.1) is 0 Å². The number of unbranched alkanes of at least 4 members (excludes halogenated alkanes) is 1. The lowest BCUT2D eigenvalue weighted by atomic mass is 10.2. The Hall–Kier alpha value is -1.89. The number of carbonyl (C=O) groups is 1. The van der Waals surface area contributed by atoms with Crippen molar-refractivity contribution in [1.29, 1.82) is 0 Å². The molecule has 0 saturated carbocycles. The van der Waals surface area contributed by atoms with Crippen LogP contribution >= 0.6 is 11.8 Å². The largest absolute Gasteiger partial charge is 0.484 e. The van der Waals surface area contributed by atoms with Crippen molar-refractivity contribution in [2.24, 2.45) is 10.7 Å². The quantitative estimate of drug-likeness (QED) is 0.340. The fourth-order valence-corrected chi connectivity index (χ4v) is 2.38. The molecule has 1 aromatic rings. The normalized spacial score (nSPS) is 11.1. The van der Waals surface area contributed by atoms with Gasteiger partial charge in [-0.25, -0.2) is 0 Å². The first kappa shape index (κ1) is 19.2. The number of hydrogen-bond acceptors (Lipinski definition) is 4. The molecule has 7 heteroatoms. The van der Waals surface area contributed by atoms with Crippen molar-refractivity contribution in [3.8, 4) is 5.75 Å². The molecule has 128 valence electrons. The van der Waals surface area contributed by atoms with Crippen LogP contribution in [0.15, 0.2) is 29.3 Å². The van der Waals surface area contributed by atoms with Crippen LogP contribution in [0.3, 0.4) is 0 Å². The van der Waals surface area contributed by atoms with Gasteiger partial charge in [-0.05, 0) is 42.5 Å². The average Bonchev–Trinajstić information content (AvgIpc) is 2.56. The summed E-state index contributed by atoms with van der Waals surface area (Å²) in [5.74, 6) is 2.10. The summed E-state index contributed by atoms with van der Waals surface area (Å²) in [5.41, 5.74) is 6.11. The molecule has 1 rings (SSSR count). The second-order valence-corrected chi connectivity index (χ2v) is 5.94. The number of nitrogens with zero attached hydrogens (tertiary/aromatic N) is 1. The maximum atomic E-state index is 10.7. The molecule has 23 heavy (non-hydrogen) atoms. The molecule has 1 aromatic carbocycles. The third-order valence-corrected chi connectivity index (χ3v) is 3.73. The summed E-state index contributed by atoms with van der Waals surface area (Å²) in [7, 11) is 1.75. The number of amides is 1. The van der Waals surface area contributed by atoms with Gasteiger partial charge in [0.15, 0.2) is 12.6 Å². The second kappa shape index (κ2) is 11.6. The number of thioether (sulfide) groups is 1. The molecule has 0 aliphatic rings. The average molecular weight is 338 g/mol. The molecule has 0 spiro atoms. The Morgan fingerprint density at radius 3 is 2.87 bits per heavy atom. The predicted molar refractivity (Wildman–Crippen MR) is 96.9 cm³/mol. The zero-order valence-corrected chi connectivity index (χ0v) is 14.6. The number of benzene rings is 1. The summed E-state index contributed by atoms with van der Waals surface area (Å²) >= 11 is 1.87. The summed E-state index contributed by atoms with van der Waals surface area (Å²) in [5, 5.41) is 6.55. The van der Waals surface area contributed by atoms with Gasteiger partial charge in [0.25, 0.3) is 5.91 Å². The Labute approximate surface area is 142 Å². The van der Waals surface area contributed by atoms with Crippen LogP contribution in [-0.4, -0.2) is 44.1 Å². The third-order valence-electron chi connectivity index (χ3n) is 3.03. The van der Waals surface area contributed by atoms with E-state index < -0.39 is 5.91 Å². The van der Waals surface area contributed by atoms with E-state index in [2.05, 4.69) is 21.9 Å². The Bertz CT molecular complexity index is 509. The van der Waals surface area contributed by atoms with E-state index in [1.165, 1.54) is 12.2 Å². The van der Waals surface area contributed by atoms with Gasteiger partial charge in [-0.1, -0.05) is 12.1 Å². The molecular formula is C16H26N4O2S. The van der Waals surface area contributed by atoms with Crippen LogP contribution in [0, 0.1) is 0 Å². The number of hydrogen-bond donors (Lipinski definition) is 3. The minimum Gasteiger partial charge on any atom is -0.484 e. The predicted octanol–water partition coefficient (Wildman–Crippen LogP) is 1.36. The van der Waals surface area contributed by atoms with Crippen molar-refractivity contribution in [3.05, 3.63) is 29.8 Å². The summed E-state index contributed by atoms with van der Waals surface area (Å²) < 4.78 is 5.29. The van der Waals surface area contributed by atoms with E-state index in [4.69, 9.17) is 10.5 Å². The summed E-state index contributed by atoms with van der Waals surface area (Å²) in [6, 6.07) is 7.54. The van der Waals surface area contributed by atoms with Crippen molar-refractivity contribution in [2.45, 2.75) is 19.4 Å². The monoisotopic (exact) mass is 338 g/mol.